The Bertz CT molecular complexity index is 618. The fraction of sp³-hybridized carbons (Fsp3) is 0.286. The van der Waals surface area contributed by atoms with Crippen molar-refractivity contribution in [2.45, 2.75) is 13.3 Å². The molecule has 0 radical (unpaired) electrons. The summed E-state index contributed by atoms with van der Waals surface area (Å²) in [7, 11) is 1.55. The van der Waals surface area contributed by atoms with E-state index in [9.17, 15) is 9.59 Å². The van der Waals surface area contributed by atoms with Gasteiger partial charge in [0.05, 0.1) is 12.7 Å². The molecule has 2 rings (SSSR count). The summed E-state index contributed by atoms with van der Waals surface area (Å²) < 4.78 is 6.27. The summed E-state index contributed by atoms with van der Waals surface area (Å²) >= 11 is 1.59. The molecule has 1 amide bonds. The van der Waals surface area contributed by atoms with Crippen LogP contribution in [0, 0.1) is 0 Å². The van der Waals surface area contributed by atoms with Crippen LogP contribution in [0.25, 0.3) is 10.1 Å². The molecule has 2 aromatic rings. The molecule has 1 aromatic carbocycles. The molecular weight excluding hydrogens is 262 g/mol. The van der Waals surface area contributed by atoms with Crippen LogP contribution < -0.4 is 10.1 Å². The summed E-state index contributed by atoms with van der Waals surface area (Å²) in [6, 6.07) is 3.73. The number of amides is 1. The SMILES string of the molecule is COc1cc2c(CCNC(C)=O)csc2cc1C=O. The van der Waals surface area contributed by atoms with Crippen LogP contribution in [0.2, 0.25) is 0 Å². The minimum atomic E-state index is -0.0274. The molecule has 0 unspecified atom stereocenters. The second-order valence-electron chi connectivity index (χ2n) is 4.20. The first-order chi connectivity index (χ1) is 9.15. The zero-order valence-electron chi connectivity index (χ0n) is 10.9. The average Bonchev–Trinajstić information content (AvgIpc) is 2.79. The van der Waals surface area contributed by atoms with E-state index in [2.05, 4.69) is 10.7 Å². The first-order valence-corrected chi connectivity index (χ1v) is 6.81. The predicted octanol–water partition coefficient (Wildman–Crippen LogP) is 2.40. The molecule has 0 aliphatic heterocycles. The van der Waals surface area contributed by atoms with Gasteiger partial charge in [-0.1, -0.05) is 0 Å². The van der Waals surface area contributed by atoms with Gasteiger partial charge in [-0.05, 0) is 34.9 Å². The van der Waals surface area contributed by atoms with Crippen LogP contribution >= 0.6 is 11.3 Å². The average molecular weight is 277 g/mol. The first kappa shape index (κ1) is 13.5. The van der Waals surface area contributed by atoms with Gasteiger partial charge in [0.25, 0.3) is 0 Å². The third kappa shape index (κ3) is 2.93. The van der Waals surface area contributed by atoms with E-state index in [4.69, 9.17) is 4.74 Å². The molecule has 4 nitrogen and oxygen atoms in total. The van der Waals surface area contributed by atoms with Crippen LogP contribution in [0.3, 0.4) is 0 Å². The summed E-state index contributed by atoms with van der Waals surface area (Å²) in [5.41, 5.74) is 1.72. The molecule has 0 saturated heterocycles. The first-order valence-electron chi connectivity index (χ1n) is 5.93. The predicted molar refractivity (Wildman–Crippen MR) is 76.2 cm³/mol. The third-order valence-corrected chi connectivity index (χ3v) is 3.90. The molecule has 100 valence electrons. The van der Waals surface area contributed by atoms with E-state index < -0.39 is 0 Å². The van der Waals surface area contributed by atoms with Gasteiger partial charge in [-0.3, -0.25) is 9.59 Å². The molecule has 0 atom stereocenters. The van der Waals surface area contributed by atoms with Gasteiger partial charge < -0.3 is 10.1 Å². The summed E-state index contributed by atoms with van der Waals surface area (Å²) in [4.78, 5) is 21.8. The van der Waals surface area contributed by atoms with E-state index in [1.165, 1.54) is 6.92 Å². The summed E-state index contributed by atoms with van der Waals surface area (Å²) in [6.07, 6.45) is 1.57. The number of carbonyl (C=O) groups is 2. The lowest BCUT2D eigenvalue weighted by Crippen LogP contribution is -2.22. The Labute approximate surface area is 115 Å². The molecule has 19 heavy (non-hydrogen) atoms. The molecular formula is C14H15NO3S. The van der Waals surface area contributed by atoms with Crippen molar-refractivity contribution in [2.24, 2.45) is 0 Å². The molecule has 0 fully saturated rings. The van der Waals surface area contributed by atoms with Gasteiger partial charge in [-0.15, -0.1) is 11.3 Å². The van der Waals surface area contributed by atoms with Crippen molar-refractivity contribution < 1.29 is 14.3 Å². The van der Waals surface area contributed by atoms with Gasteiger partial charge >= 0.3 is 0 Å². The van der Waals surface area contributed by atoms with Gasteiger partial charge in [0.1, 0.15) is 5.75 Å². The maximum Gasteiger partial charge on any atom is 0.216 e. The smallest absolute Gasteiger partial charge is 0.216 e. The second kappa shape index (κ2) is 5.84. The number of benzene rings is 1. The fourth-order valence-electron chi connectivity index (χ4n) is 1.96. The number of ether oxygens (including phenoxy) is 1. The van der Waals surface area contributed by atoms with Gasteiger partial charge in [-0.2, -0.15) is 0 Å². The van der Waals surface area contributed by atoms with Crippen LogP contribution in [-0.4, -0.2) is 25.8 Å². The summed E-state index contributed by atoms with van der Waals surface area (Å²) in [5, 5.41) is 5.92. The molecule has 0 bridgehead atoms. The highest BCUT2D eigenvalue weighted by Crippen LogP contribution is 2.32. The number of hydrogen-bond donors (Lipinski definition) is 1. The number of aldehydes is 1. The highest BCUT2D eigenvalue weighted by Gasteiger charge is 2.10. The number of methoxy groups -OCH3 is 1. The standard InChI is InChI=1S/C14H15NO3S/c1-9(17)15-4-3-10-8-19-14-5-11(7-16)13(18-2)6-12(10)14/h5-8H,3-4H2,1-2H3,(H,15,17). The van der Waals surface area contributed by atoms with E-state index in [0.717, 1.165) is 28.4 Å². The number of thiophene rings is 1. The lowest BCUT2D eigenvalue weighted by molar-refractivity contribution is -0.118. The second-order valence-corrected chi connectivity index (χ2v) is 5.11. The largest absolute Gasteiger partial charge is 0.496 e. The normalized spacial score (nSPS) is 10.4. The van der Waals surface area contributed by atoms with Crippen molar-refractivity contribution in [1.82, 2.24) is 5.32 Å². The van der Waals surface area contributed by atoms with Crippen LogP contribution in [0.1, 0.15) is 22.8 Å². The molecule has 0 aliphatic carbocycles. The molecule has 0 aliphatic rings. The van der Waals surface area contributed by atoms with E-state index in [1.54, 1.807) is 18.4 Å². The Morgan fingerprint density at radius 3 is 2.89 bits per heavy atom. The van der Waals surface area contributed by atoms with E-state index in [0.29, 0.717) is 17.9 Å². The third-order valence-electron chi connectivity index (χ3n) is 2.90. The number of nitrogens with one attached hydrogen (secondary N) is 1. The molecule has 1 heterocycles. The number of fused-ring (bicyclic) bond motifs is 1. The van der Waals surface area contributed by atoms with E-state index in [1.807, 2.05) is 12.1 Å². The van der Waals surface area contributed by atoms with Crippen molar-refractivity contribution in [3.63, 3.8) is 0 Å². The van der Waals surface area contributed by atoms with Crippen molar-refractivity contribution in [2.75, 3.05) is 13.7 Å². The Morgan fingerprint density at radius 1 is 1.47 bits per heavy atom. The van der Waals surface area contributed by atoms with Crippen LogP contribution in [0.15, 0.2) is 17.5 Å². The van der Waals surface area contributed by atoms with Crippen molar-refractivity contribution >= 4 is 33.6 Å². The quantitative estimate of drug-likeness (QED) is 0.854. The molecule has 0 saturated carbocycles. The lowest BCUT2D eigenvalue weighted by atomic mass is 10.1. The highest BCUT2D eigenvalue weighted by atomic mass is 32.1. The number of rotatable bonds is 5. The zero-order valence-corrected chi connectivity index (χ0v) is 11.7. The van der Waals surface area contributed by atoms with Crippen LogP contribution in [-0.2, 0) is 11.2 Å². The number of hydrogen-bond acceptors (Lipinski definition) is 4. The van der Waals surface area contributed by atoms with Gasteiger partial charge in [0, 0.05) is 18.2 Å². The minimum absolute atomic E-state index is 0.0274. The highest BCUT2D eigenvalue weighted by molar-refractivity contribution is 7.17. The van der Waals surface area contributed by atoms with Crippen molar-refractivity contribution in [3.05, 3.63) is 28.6 Å². The molecule has 1 aromatic heterocycles. The van der Waals surface area contributed by atoms with Crippen molar-refractivity contribution in [3.8, 4) is 5.75 Å². The molecule has 0 spiro atoms. The van der Waals surface area contributed by atoms with Gasteiger partial charge in [-0.25, -0.2) is 0 Å². The fourth-order valence-corrected chi connectivity index (χ4v) is 2.98. The Hall–Kier alpha value is -1.88. The monoisotopic (exact) mass is 277 g/mol. The van der Waals surface area contributed by atoms with E-state index in [-0.39, 0.29) is 5.91 Å². The topological polar surface area (TPSA) is 55.4 Å². The van der Waals surface area contributed by atoms with Gasteiger partial charge in [0.2, 0.25) is 5.91 Å². The van der Waals surface area contributed by atoms with Crippen molar-refractivity contribution in [1.29, 1.82) is 0 Å². The van der Waals surface area contributed by atoms with Crippen LogP contribution in [0.4, 0.5) is 0 Å². The molecule has 1 N–H and O–H groups in total. The molecule has 5 heteroatoms. The zero-order chi connectivity index (χ0) is 13.8. The maximum atomic E-state index is 11.0. The summed E-state index contributed by atoms with van der Waals surface area (Å²) in [6.45, 7) is 2.12. The Morgan fingerprint density at radius 2 is 2.26 bits per heavy atom. The summed E-state index contributed by atoms with van der Waals surface area (Å²) in [5.74, 6) is 0.557. The lowest BCUT2D eigenvalue weighted by Gasteiger charge is -2.05. The van der Waals surface area contributed by atoms with E-state index >= 15 is 0 Å². The Balaban J connectivity index is 2.31. The Kier molecular flexibility index (Phi) is 4.16. The number of carbonyl (C=O) groups excluding carboxylic acids is 2. The maximum absolute atomic E-state index is 11.0. The van der Waals surface area contributed by atoms with Crippen LogP contribution in [0.5, 0.6) is 5.75 Å². The van der Waals surface area contributed by atoms with Gasteiger partial charge in [0.15, 0.2) is 6.29 Å². The minimum Gasteiger partial charge on any atom is -0.496 e.